The highest BCUT2D eigenvalue weighted by Crippen LogP contribution is 2.34. The molecule has 1 atom stereocenters. The zero-order valence-corrected chi connectivity index (χ0v) is 10.3. The molecule has 94 valence electrons. The number of aliphatic carboxylic acids is 1. The van der Waals surface area contributed by atoms with Gasteiger partial charge in [-0.3, -0.25) is 9.69 Å². The van der Waals surface area contributed by atoms with Gasteiger partial charge in [0.1, 0.15) is 11.5 Å². The van der Waals surface area contributed by atoms with E-state index >= 15 is 0 Å². The van der Waals surface area contributed by atoms with Crippen molar-refractivity contribution in [2.75, 3.05) is 6.54 Å². The highest BCUT2D eigenvalue weighted by Gasteiger charge is 2.33. The first-order valence-electron chi connectivity index (χ1n) is 6.12. The summed E-state index contributed by atoms with van der Waals surface area (Å²) in [6.45, 7) is 4.61. The molecule has 4 heteroatoms. The van der Waals surface area contributed by atoms with Crippen LogP contribution in [0.5, 0.6) is 0 Å². The molecule has 1 aliphatic carbocycles. The van der Waals surface area contributed by atoms with E-state index in [1.54, 1.807) is 0 Å². The molecule has 0 amide bonds. The fraction of sp³-hybridized carbons (Fsp3) is 0.615. The van der Waals surface area contributed by atoms with Crippen molar-refractivity contribution >= 4 is 5.97 Å². The third kappa shape index (κ3) is 3.09. The van der Waals surface area contributed by atoms with Crippen molar-refractivity contribution in [3.63, 3.8) is 0 Å². The van der Waals surface area contributed by atoms with E-state index in [-0.39, 0.29) is 12.5 Å². The predicted octanol–water partition coefficient (Wildman–Crippen LogP) is 2.59. The second kappa shape index (κ2) is 4.92. The Morgan fingerprint density at radius 2 is 2.29 bits per heavy atom. The van der Waals surface area contributed by atoms with Crippen LogP contribution in [0, 0.1) is 6.92 Å². The van der Waals surface area contributed by atoms with Gasteiger partial charge in [0.05, 0.1) is 12.5 Å². The lowest BCUT2D eigenvalue weighted by Crippen LogP contribution is -2.31. The quantitative estimate of drug-likeness (QED) is 0.826. The van der Waals surface area contributed by atoms with Crippen molar-refractivity contribution in [1.29, 1.82) is 0 Å². The third-order valence-electron chi connectivity index (χ3n) is 3.27. The van der Waals surface area contributed by atoms with Crippen LogP contribution in [-0.2, 0) is 4.79 Å². The summed E-state index contributed by atoms with van der Waals surface area (Å²) in [5.41, 5.74) is 0. The largest absolute Gasteiger partial charge is 0.481 e. The summed E-state index contributed by atoms with van der Waals surface area (Å²) >= 11 is 0. The predicted molar refractivity (Wildman–Crippen MR) is 63.8 cm³/mol. The van der Waals surface area contributed by atoms with E-state index in [0.717, 1.165) is 11.5 Å². The highest BCUT2D eigenvalue weighted by molar-refractivity contribution is 5.66. The van der Waals surface area contributed by atoms with Gasteiger partial charge in [-0.15, -0.1) is 0 Å². The number of carbonyl (C=O) groups is 1. The molecule has 0 saturated heterocycles. The number of carboxylic acid groups (broad SMARTS) is 1. The van der Waals surface area contributed by atoms with Crippen molar-refractivity contribution in [1.82, 2.24) is 4.90 Å². The van der Waals surface area contributed by atoms with Crippen LogP contribution >= 0.6 is 0 Å². The SMILES string of the molecule is Cc1ccc(C(C)N(CCC(=O)O)C2CC2)o1. The summed E-state index contributed by atoms with van der Waals surface area (Å²) < 4.78 is 5.62. The third-order valence-corrected chi connectivity index (χ3v) is 3.27. The average molecular weight is 237 g/mol. The van der Waals surface area contributed by atoms with Crippen LogP contribution in [0.15, 0.2) is 16.5 Å². The number of carboxylic acids is 1. The Labute approximate surface area is 101 Å². The molecule has 1 aromatic heterocycles. The van der Waals surface area contributed by atoms with E-state index < -0.39 is 5.97 Å². The molecule has 1 saturated carbocycles. The summed E-state index contributed by atoms with van der Waals surface area (Å²) in [4.78, 5) is 12.9. The highest BCUT2D eigenvalue weighted by atomic mass is 16.4. The fourth-order valence-corrected chi connectivity index (χ4v) is 2.16. The molecule has 0 radical (unpaired) electrons. The number of furan rings is 1. The maximum Gasteiger partial charge on any atom is 0.304 e. The minimum absolute atomic E-state index is 0.163. The number of nitrogens with zero attached hydrogens (tertiary/aromatic N) is 1. The molecule has 0 aliphatic heterocycles. The lowest BCUT2D eigenvalue weighted by Gasteiger charge is -2.27. The minimum atomic E-state index is -0.738. The van der Waals surface area contributed by atoms with Crippen LogP contribution < -0.4 is 0 Å². The smallest absolute Gasteiger partial charge is 0.304 e. The Hall–Kier alpha value is -1.29. The van der Waals surface area contributed by atoms with E-state index in [0.29, 0.717) is 12.6 Å². The second-order valence-electron chi connectivity index (χ2n) is 4.74. The summed E-state index contributed by atoms with van der Waals surface area (Å²) in [5, 5.41) is 8.77. The Kier molecular flexibility index (Phi) is 3.52. The molecule has 1 heterocycles. The van der Waals surface area contributed by atoms with Crippen LogP contribution in [0.1, 0.15) is 43.7 Å². The van der Waals surface area contributed by atoms with Crippen molar-refractivity contribution < 1.29 is 14.3 Å². The van der Waals surface area contributed by atoms with Gasteiger partial charge >= 0.3 is 5.97 Å². The van der Waals surface area contributed by atoms with E-state index in [1.165, 1.54) is 12.8 Å². The van der Waals surface area contributed by atoms with Crippen LogP contribution in [0.4, 0.5) is 0 Å². The van der Waals surface area contributed by atoms with Crippen molar-refractivity contribution in [2.24, 2.45) is 0 Å². The first kappa shape index (κ1) is 12.2. The summed E-state index contributed by atoms with van der Waals surface area (Å²) in [7, 11) is 0. The monoisotopic (exact) mass is 237 g/mol. The average Bonchev–Trinajstić information content (AvgIpc) is 3.00. The van der Waals surface area contributed by atoms with Crippen LogP contribution in [0.3, 0.4) is 0 Å². The number of rotatable bonds is 6. The van der Waals surface area contributed by atoms with Crippen molar-refractivity contribution in [3.8, 4) is 0 Å². The molecule has 4 nitrogen and oxygen atoms in total. The number of hydrogen-bond donors (Lipinski definition) is 1. The lowest BCUT2D eigenvalue weighted by molar-refractivity contribution is -0.137. The normalized spacial score (nSPS) is 17.4. The van der Waals surface area contributed by atoms with E-state index in [9.17, 15) is 4.79 Å². The molecule has 0 spiro atoms. The van der Waals surface area contributed by atoms with Crippen molar-refractivity contribution in [3.05, 3.63) is 23.7 Å². The van der Waals surface area contributed by atoms with Crippen LogP contribution in [-0.4, -0.2) is 28.6 Å². The summed E-state index contributed by atoms with van der Waals surface area (Å²) in [5.74, 6) is 1.10. The van der Waals surface area contributed by atoms with Gasteiger partial charge in [0.2, 0.25) is 0 Å². The molecular weight excluding hydrogens is 218 g/mol. The standard InChI is InChI=1S/C13H19NO3/c1-9-3-6-12(17-9)10(2)14(11-4-5-11)8-7-13(15)16/h3,6,10-11H,4-5,7-8H2,1-2H3,(H,15,16). The zero-order valence-electron chi connectivity index (χ0n) is 10.3. The van der Waals surface area contributed by atoms with E-state index in [4.69, 9.17) is 9.52 Å². The summed E-state index contributed by atoms with van der Waals surface area (Å²) in [6.07, 6.45) is 2.54. The zero-order chi connectivity index (χ0) is 12.4. The molecule has 0 aromatic carbocycles. The van der Waals surface area contributed by atoms with E-state index in [1.807, 2.05) is 19.1 Å². The van der Waals surface area contributed by atoms with Gasteiger partial charge in [-0.25, -0.2) is 0 Å². The summed E-state index contributed by atoms with van der Waals surface area (Å²) in [6, 6.07) is 4.63. The Morgan fingerprint density at radius 1 is 1.59 bits per heavy atom. The minimum Gasteiger partial charge on any atom is -0.481 e. The lowest BCUT2D eigenvalue weighted by atomic mass is 10.2. The molecule has 1 aliphatic rings. The van der Waals surface area contributed by atoms with Crippen molar-refractivity contribution in [2.45, 2.75) is 45.2 Å². The molecule has 17 heavy (non-hydrogen) atoms. The first-order valence-corrected chi connectivity index (χ1v) is 6.12. The molecule has 0 bridgehead atoms. The van der Waals surface area contributed by atoms with Crippen LogP contribution in [0.25, 0.3) is 0 Å². The van der Waals surface area contributed by atoms with Gasteiger partial charge in [0.25, 0.3) is 0 Å². The maximum atomic E-state index is 10.7. The Morgan fingerprint density at radius 3 is 2.76 bits per heavy atom. The molecular formula is C13H19NO3. The van der Waals surface area contributed by atoms with Crippen LogP contribution in [0.2, 0.25) is 0 Å². The number of aryl methyl sites for hydroxylation is 1. The Bertz CT molecular complexity index is 395. The van der Waals surface area contributed by atoms with E-state index in [2.05, 4.69) is 11.8 Å². The maximum absolute atomic E-state index is 10.7. The number of hydrogen-bond acceptors (Lipinski definition) is 3. The molecule has 1 fully saturated rings. The molecule has 1 N–H and O–H groups in total. The molecule has 1 unspecified atom stereocenters. The van der Waals surface area contributed by atoms with Gasteiger partial charge < -0.3 is 9.52 Å². The van der Waals surface area contributed by atoms with Gasteiger partial charge in [-0.05, 0) is 38.8 Å². The first-order chi connectivity index (χ1) is 8.08. The molecule has 2 rings (SSSR count). The Balaban J connectivity index is 2.02. The second-order valence-corrected chi connectivity index (χ2v) is 4.74. The van der Waals surface area contributed by atoms with Gasteiger partial charge in [0.15, 0.2) is 0 Å². The topological polar surface area (TPSA) is 53.7 Å². The molecule has 1 aromatic rings. The fourth-order valence-electron chi connectivity index (χ4n) is 2.16. The van der Waals surface area contributed by atoms with Gasteiger partial charge in [-0.1, -0.05) is 0 Å². The van der Waals surface area contributed by atoms with Gasteiger partial charge in [0, 0.05) is 12.6 Å². The van der Waals surface area contributed by atoms with Gasteiger partial charge in [-0.2, -0.15) is 0 Å².